The summed E-state index contributed by atoms with van der Waals surface area (Å²) < 4.78 is 43.7. The van der Waals surface area contributed by atoms with Crippen LogP contribution in [0.15, 0.2) is 29.2 Å². The van der Waals surface area contributed by atoms with Gasteiger partial charge >= 0.3 is 5.97 Å². The highest BCUT2D eigenvalue weighted by atomic mass is 32.2. The molecule has 1 aromatic rings. The minimum atomic E-state index is -3.97. The monoisotopic (exact) mass is 414 g/mol. The molecular formula is C19H27FN2O5S. The third-order valence-corrected chi connectivity index (χ3v) is 6.57. The fourth-order valence-electron chi connectivity index (χ4n) is 3.08. The average molecular weight is 414 g/mol. The van der Waals surface area contributed by atoms with Gasteiger partial charge in [0.15, 0.2) is 6.10 Å². The fourth-order valence-corrected chi connectivity index (χ4v) is 4.20. The number of nitrogens with zero attached hydrogens (tertiary/aromatic N) is 1. The van der Waals surface area contributed by atoms with Crippen molar-refractivity contribution in [1.82, 2.24) is 9.62 Å². The van der Waals surface area contributed by atoms with Crippen molar-refractivity contribution < 1.29 is 27.1 Å². The SMILES string of the molecule is C[C@@H](OC(=O)CN(C)S(=O)(=O)c1ccc(F)cc1)C(=O)NC1CCCCCC1. The van der Waals surface area contributed by atoms with Crippen LogP contribution in [0.3, 0.4) is 0 Å². The molecule has 0 unspecified atom stereocenters. The number of amides is 1. The van der Waals surface area contributed by atoms with E-state index in [1.165, 1.54) is 14.0 Å². The number of halogens is 1. The minimum absolute atomic E-state index is 0.0812. The highest BCUT2D eigenvalue weighted by Gasteiger charge is 2.26. The van der Waals surface area contributed by atoms with E-state index in [0.29, 0.717) is 0 Å². The summed E-state index contributed by atoms with van der Waals surface area (Å²) in [7, 11) is -2.75. The Morgan fingerprint density at radius 3 is 2.32 bits per heavy atom. The predicted molar refractivity (Wildman–Crippen MR) is 101 cm³/mol. The molecule has 1 N–H and O–H groups in total. The second-order valence-corrected chi connectivity index (χ2v) is 9.09. The molecule has 1 amide bonds. The molecule has 2 rings (SSSR count). The first kappa shape index (κ1) is 22.3. The molecule has 0 spiro atoms. The number of nitrogens with one attached hydrogen (secondary N) is 1. The van der Waals surface area contributed by atoms with Crippen LogP contribution in [0.2, 0.25) is 0 Å². The molecule has 156 valence electrons. The van der Waals surface area contributed by atoms with E-state index in [9.17, 15) is 22.4 Å². The summed E-state index contributed by atoms with van der Waals surface area (Å²) in [5.41, 5.74) is 0. The molecule has 1 fully saturated rings. The van der Waals surface area contributed by atoms with E-state index in [1.807, 2.05) is 0 Å². The van der Waals surface area contributed by atoms with Gasteiger partial charge in [0.2, 0.25) is 10.0 Å². The molecule has 0 saturated heterocycles. The van der Waals surface area contributed by atoms with Crippen LogP contribution in [0.4, 0.5) is 4.39 Å². The smallest absolute Gasteiger partial charge is 0.322 e. The van der Waals surface area contributed by atoms with Gasteiger partial charge in [0.05, 0.1) is 4.90 Å². The van der Waals surface area contributed by atoms with Crippen LogP contribution >= 0.6 is 0 Å². The van der Waals surface area contributed by atoms with Gasteiger partial charge < -0.3 is 10.1 Å². The van der Waals surface area contributed by atoms with Gasteiger partial charge in [0, 0.05) is 13.1 Å². The summed E-state index contributed by atoms with van der Waals surface area (Å²) in [4.78, 5) is 24.2. The third-order valence-electron chi connectivity index (χ3n) is 4.75. The zero-order chi connectivity index (χ0) is 20.7. The Kier molecular flexibility index (Phi) is 7.94. The number of carbonyl (C=O) groups is 2. The number of carbonyl (C=O) groups excluding carboxylic acids is 2. The van der Waals surface area contributed by atoms with Crippen molar-refractivity contribution in [2.45, 2.75) is 62.5 Å². The predicted octanol–water partition coefficient (Wildman–Crippen LogP) is 2.22. The largest absolute Gasteiger partial charge is 0.452 e. The molecule has 9 heteroatoms. The minimum Gasteiger partial charge on any atom is -0.452 e. The Morgan fingerprint density at radius 2 is 1.75 bits per heavy atom. The van der Waals surface area contributed by atoms with E-state index < -0.39 is 34.5 Å². The number of hydrogen-bond acceptors (Lipinski definition) is 5. The van der Waals surface area contributed by atoms with Crippen LogP contribution in [-0.2, 0) is 24.3 Å². The maximum atomic E-state index is 13.0. The Bertz CT molecular complexity index is 774. The molecule has 1 aromatic carbocycles. The van der Waals surface area contributed by atoms with Gasteiger partial charge in [0.25, 0.3) is 5.91 Å². The van der Waals surface area contributed by atoms with Gasteiger partial charge in [0.1, 0.15) is 12.4 Å². The maximum Gasteiger partial charge on any atom is 0.322 e. The van der Waals surface area contributed by atoms with E-state index >= 15 is 0 Å². The quantitative estimate of drug-likeness (QED) is 0.546. The molecule has 0 heterocycles. The summed E-state index contributed by atoms with van der Waals surface area (Å²) in [6, 6.07) is 4.38. The van der Waals surface area contributed by atoms with Crippen LogP contribution in [-0.4, -0.2) is 50.3 Å². The lowest BCUT2D eigenvalue weighted by molar-refractivity contribution is -0.155. The summed E-state index contributed by atoms with van der Waals surface area (Å²) in [6.07, 6.45) is 5.24. The molecule has 28 heavy (non-hydrogen) atoms. The van der Waals surface area contributed by atoms with Gasteiger partial charge in [-0.25, -0.2) is 12.8 Å². The standard InChI is InChI=1S/C19H27FN2O5S/c1-14(19(24)21-16-7-5-3-4-6-8-16)27-18(23)13-22(2)28(25,26)17-11-9-15(20)10-12-17/h9-12,14,16H,3-8,13H2,1-2H3,(H,21,24)/t14-/m1/s1. The molecule has 1 aliphatic rings. The number of hydrogen-bond donors (Lipinski definition) is 1. The zero-order valence-electron chi connectivity index (χ0n) is 16.2. The number of likely N-dealkylation sites (N-methyl/N-ethyl adjacent to an activating group) is 1. The fraction of sp³-hybridized carbons (Fsp3) is 0.579. The van der Waals surface area contributed by atoms with Crippen LogP contribution < -0.4 is 5.32 Å². The number of esters is 1. The van der Waals surface area contributed by atoms with Crippen molar-refractivity contribution >= 4 is 21.9 Å². The molecule has 0 bridgehead atoms. The van der Waals surface area contributed by atoms with Gasteiger partial charge in [-0.3, -0.25) is 9.59 Å². The van der Waals surface area contributed by atoms with Crippen LogP contribution in [0.1, 0.15) is 45.4 Å². The number of sulfonamides is 1. The molecule has 0 radical (unpaired) electrons. The third kappa shape index (κ3) is 6.27. The second kappa shape index (κ2) is 9.97. The first-order valence-corrected chi connectivity index (χ1v) is 10.9. The van der Waals surface area contributed by atoms with Crippen molar-refractivity contribution in [2.24, 2.45) is 0 Å². The molecule has 7 nitrogen and oxygen atoms in total. The average Bonchev–Trinajstić information content (AvgIpc) is 2.90. The first-order chi connectivity index (χ1) is 13.2. The zero-order valence-corrected chi connectivity index (χ0v) is 17.0. The highest BCUT2D eigenvalue weighted by Crippen LogP contribution is 2.18. The number of ether oxygens (including phenoxy) is 1. The molecule has 1 aliphatic carbocycles. The van der Waals surface area contributed by atoms with Gasteiger partial charge in [-0.1, -0.05) is 25.7 Å². The highest BCUT2D eigenvalue weighted by molar-refractivity contribution is 7.89. The van der Waals surface area contributed by atoms with Crippen LogP contribution in [0.25, 0.3) is 0 Å². The number of benzene rings is 1. The van der Waals surface area contributed by atoms with Crippen molar-refractivity contribution in [3.8, 4) is 0 Å². The Labute approximate surface area is 165 Å². The van der Waals surface area contributed by atoms with Crippen LogP contribution in [0, 0.1) is 5.82 Å². The maximum absolute atomic E-state index is 13.0. The lowest BCUT2D eigenvalue weighted by atomic mass is 10.1. The first-order valence-electron chi connectivity index (χ1n) is 9.42. The van der Waals surface area contributed by atoms with E-state index in [1.54, 1.807) is 0 Å². The molecule has 1 saturated carbocycles. The lowest BCUT2D eigenvalue weighted by Gasteiger charge is -2.21. The molecule has 0 aliphatic heterocycles. The van der Waals surface area contributed by atoms with Crippen molar-refractivity contribution in [2.75, 3.05) is 13.6 Å². The van der Waals surface area contributed by atoms with E-state index in [0.717, 1.165) is 67.1 Å². The topological polar surface area (TPSA) is 92.8 Å². The Morgan fingerprint density at radius 1 is 1.18 bits per heavy atom. The van der Waals surface area contributed by atoms with Crippen LogP contribution in [0.5, 0.6) is 0 Å². The number of rotatable bonds is 7. The molecule has 0 aromatic heterocycles. The van der Waals surface area contributed by atoms with E-state index in [-0.39, 0.29) is 16.8 Å². The van der Waals surface area contributed by atoms with Gasteiger partial charge in [-0.15, -0.1) is 0 Å². The Hall–Kier alpha value is -2.00. The van der Waals surface area contributed by atoms with E-state index in [4.69, 9.17) is 4.74 Å². The summed E-state index contributed by atoms with van der Waals surface area (Å²) in [6.45, 7) is 0.902. The van der Waals surface area contributed by atoms with Crippen molar-refractivity contribution in [3.05, 3.63) is 30.1 Å². The summed E-state index contributed by atoms with van der Waals surface area (Å²) in [5, 5.41) is 2.90. The molecular weight excluding hydrogens is 387 g/mol. The van der Waals surface area contributed by atoms with Crippen molar-refractivity contribution in [1.29, 1.82) is 0 Å². The van der Waals surface area contributed by atoms with E-state index in [2.05, 4.69) is 5.32 Å². The second-order valence-electron chi connectivity index (χ2n) is 7.04. The Balaban J connectivity index is 1.87. The summed E-state index contributed by atoms with van der Waals surface area (Å²) >= 11 is 0. The lowest BCUT2D eigenvalue weighted by Crippen LogP contribution is -2.43. The van der Waals surface area contributed by atoms with Crippen molar-refractivity contribution in [3.63, 3.8) is 0 Å². The van der Waals surface area contributed by atoms with Gasteiger partial charge in [-0.05, 0) is 44.0 Å². The normalized spacial score (nSPS) is 17.0. The summed E-state index contributed by atoms with van der Waals surface area (Å²) in [5.74, 6) is -1.78. The molecule has 1 atom stereocenters. The van der Waals surface area contributed by atoms with Gasteiger partial charge in [-0.2, -0.15) is 4.31 Å².